The quantitative estimate of drug-likeness (QED) is 0.0693. The van der Waals surface area contributed by atoms with E-state index >= 15 is 0 Å². The first-order valence-corrected chi connectivity index (χ1v) is 13.2. The number of hydrogen-bond donors (Lipinski definition) is 0. The summed E-state index contributed by atoms with van der Waals surface area (Å²) in [6.07, 6.45) is 1.95. The minimum Gasteiger partial charge on any atom is -0.494 e. The van der Waals surface area contributed by atoms with E-state index in [1.54, 1.807) is 24.3 Å². The largest absolute Gasteiger partial charge is 0.494 e. The molecular formula is C32H30F4O5. The first-order chi connectivity index (χ1) is 19.7. The number of halogens is 4. The van der Waals surface area contributed by atoms with Gasteiger partial charge >= 0.3 is 24.3 Å². The third-order valence-electron chi connectivity index (χ3n) is 5.86. The van der Waals surface area contributed by atoms with E-state index in [-0.39, 0.29) is 16.9 Å². The van der Waals surface area contributed by atoms with E-state index in [1.165, 1.54) is 37.8 Å². The number of carbonyl (C=O) groups is 2. The molecule has 0 saturated carbocycles. The second-order valence-electron chi connectivity index (χ2n) is 9.17. The van der Waals surface area contributed by atoms with Crippen LogP contribution in [0.5, 0.6) is 11.5 Å². The SMILES string of the molecule is CCCCCCCOc1ccc(C#Cc2ccc(C(=O)Oc3ccc(C(=O)OCC(F)(F)C(F)F)cc3)cc2)cc1. The van der Waals surface area contributed by atoms with Gasteiger partial charge in [0.1, 0.15) is 11.5 Å². The van der Waals surface area contributed by atoms with Crippen molar-refractivity contribution in [3.05, 3.63) is 95.1 Å². The van der Waals surface area contributed by atoms with Crippen molar-refractivity contribution in [2.24, 2.45) is 0 Å². The Morgan fingerprint density at radius 1 is 0.732 bits per heavy atom. The highest BCUT2D eigenvalue weighted by Crippen LogP contribution is 2.24. The molecule has 0 fully saturated rings. The zero-order valence-corrected chi connectivity index (χ0v) is 22.5. The van der Waals surface area contributed by atoms with Crippen molar-refractivity contribution in [3.8, 4) is 23.3 Å². The van der Waals surface area contributed by atoms with Crippen LogP contribution in [0.4, 0.5) is 17.6 Å². The molecule has 5 nitrogen and oxygen atoms in total. The molecule has 0 heterocycles. The van der Waals surface area contributed by atoms with E-state index < -0.39 is 30.9 Å². The highest BCUT2D eigenvalue weighted by atomic mass is 19.3. The van der Waals surface area contributed by atoms with E-state index in [9.17, 15) is 27.2 Å². The summed E-state index contributed by atoms with van der Waals surface area (Å²) in [4.78, 5) is 24.3. The van der Waals surface area contributed by atoms with Crippen LogP contribution in [0.2, 0.25) is 0 Å². The monoisotopic (exact) mass is 570 g/mol. The molecule has 41 heavy (non-hydrogen) atoms. The van der Waals surface area contributed by atoms with Gasteiger partial charge in [0.05, 0.1) is 17.7 Å². The molecule has 0 unspecified atom stereocenters. The van der Waals surface area contributed by atoms with E-state index in [1.807, 2.05) is 24.3 Å². The van der Waals surface area contributed by atoms with Crippen LogP contribution in [0.3, 0.4) is 0 Å². The lowest BCUT2D eigenvalue weighted by molar-refractivity contribution is -0.155. The third-order valence-corrected chi connectivity index (χ3v) is 5.86. The molecule has 0 aliphatic carbocycles. The summed E-state index contributed by atoms with van der Waals surface area (Å²) in [5.41, 5.74) is 1.59. The molecular weight excluding hydrogens is 540 g/mol. The lowest BCUT2D eigenvalue weighted by Crippen LogP contribution is -2.33. The van der Waals surface area contributed by atoms with Gasteiger partial charge in [0.2, 0.25) is 0 Å². The summed E-state index contributed by atoms with van der Waals surface area (Å²) in [5.74, 6) is 0.661. The van der Waals surface area contributed by atoms with Crippen LogP contribution in [-0.4, -0.2) is 37.5 Å². The zero-order valence-electron chi connectivity index (χ0n) is 22.5. The molecule has 3 rings (SSSR count). The molecule has 0 amide bonds. The Balaban J connectivity index is 1.48. The Labute approximate surface area is 236 Å². The number of benzene rings is 3. The maximum atomic E-state index is 12.9. The predicted octanol–water partition coefficient (Wildman–Crippen LogP) is 7.71. The normalized spacial score (nSPS) is 11.0. The summed E-state index contributed by atoms with van der Waals surface area (Å²) in [5, 5.41) is 0. The number of rotatable bonds is 13. The van der Waals surface area contributed by atoms with Crippen LogP contribution in [0.1, 0.15) is 70.9 Å². The van der Waals surface area contributed by atoms with Crippen molar-refractivity contribution in [2.75, 3.05) is 13.2 Å². The molecule has 0 aliphatic heterocycles. The predicted molar refractivity (Wildman–Crippen MR) is 146 cm³/mol. The van der Waals surface area contributed by atoms with Gasteiger partial charge in [-0.1, -0.05) is 44.4 Å². The van der Waals surface area contributed by atoms with Gasteiger partial charge in [-0.2, -0.15) is 8.78 Å². The van der Waals surface area contributed by atoms with Crippen LogP contribution < -0.4 is 9.47 Å². The van der Waals surface area contributed by atoms with E-state index in [2.05, 4.69) is 23.5 Å². The van der Waals surface area contributed by atoms with Gasteiger partial charge < -0.3 is 14.2 Å². The fourth-order valence-corrected chi connectivity index (χ4v) is 3.50. The number of unbranched alkanes of at least 4 members (excludes halogenated alkanes) is 4. The van der Waals surface area contributed by atoms with Gasteiger partial charge in [0, 0.05) is 11.1 Å². The standard InChI is InChI=1S/C32H30F4O5/c1-2-3-4-5-6-21-39-27-17-11-24(12-18-27)8-7-23-9-13-26(14-10-23)30(38)41-28-19-15-25(16-20-28)29(37)40-22-32(35,36)31(33)34/h9-20,31H,2-6,21-22H2,1H3. The number of carbonyl (C=O) groups excluding carboxylic acids is 2. The second kappa shape index (κ2) is 15.5. The highest BCUT2D eigenvalue weighted by molar-refractivity contribution is 5.92. The lowest BCUT2D eigenvalue weighted by Gasteiger charge is -2.15. The van der Waals surface area contributed by atoms with Crippen molar-refractivity contribution >= 4 is 11.9 Å². The number of alkyl halides is 4. The van der Waals surface area contributed by atoms with Crippen LogP contribution >= 0.6 is 0 Å². The fourth-order valence-electron chi connectivity index (χ4n) is 3.50. The maximum Gasteiger partial charge on any atom is 0.343 e. The molecule has 0 N–H and O–H groups in total. The number of esters is 2. The summed E-state index contributed by atoms with van der Waals surface area (Å²) < 4.78 is 65.5. The topological polar surface area (TPSA) is 61.8 Å². The lowest BCUT2D eigenvalue weighted by atomic mass is 10.1. The minimum absolute atomic E-state index is 0.0808. The second-order valence-corrected chi connectivity index (χ2v) is 9.17. The molecule has 9 heteroatoms. The Morgan fingerprint density at radius 3 is 1.83 bits per heavy atom. The molecule has 0 aliphatic rings. The molecule has 0 spiro atoms. The Bertz CT molecular complexity index is 1330. The van der Waals surface area contributed by atoms with Gasteiger partial charge in [-0.3, -0.25) is 0 Å². The van der Waals surface area contributed by atoms with Crippen molar-refractivity contribution in [3.63, 3.8) is 0 Å². The van der Waals surface area contributed by atoms with Gasteiger partial charge in [-0.25, -0.2) is 18.4 Å². The molecule has 3 aromatic carbocycles. The zero-order chi connectivity index (χ0) is 29.7. The summed E-state index contributed by atoms with van der Waals surface area (Å²) >= 11 is 0. The molecule has 0 atom stereocenters. The molecule has 0 saturated heterocycles. The Kier molecular flexibility index (Phi) is 11.8. The van der Waals surface area contributed by atoms with Crippen molar-refractivity contribution in [2.45, 2.75) is 51.4 Å². The molecule has 0 aromatic heterocycles. The Morgan fingerprint density at radius 2 is 1.24 bits per heavy atom. The Hall–Kier alpha value is -4.32. The molecule has 3 aromatic rings. The minimum atomic E-state index is -4.44. The van der Waals surface area contributed by atoms with Gasteiger partial charge in [-0.05, 0) is 79.2 Å². The number of hydrogen-bond acceptors (Lipinski definition) is 5. The average molecular weight is 571 g/mol. The summed E-state index contributed by atoms with van der Waals surface area (Å²) in [7, 11) is 0. The fraction of sp³-hybridized carbons (Fsp3) is 0.312. The number of ether oxygens (including phenoxy) is 3. The smallest absolute Gasteiger partial charge is 0.343 e. The van der Waals surface area contributed by atoms with E-state index in [0.717, 1.165) is 29.9 Å². The van der Waals surface area contributed by atoms with E-state index in [0.29, 0.717) is 12.2 Å². The van der Waals surface area contributed by atoms with Crippen LogP contribution in [0.15, 0.2) is 72.8 Å². The van der Waals surface area contributed by atoms with Crippen LogP contribution in [0, 0.1) is 11.8 Å². The molecule has 216 valence electrons. The summed E-state index contributed by atoms with van der Waals surface area (Å²) in [6, 6.07) is 18.8. The maximum absolute atomic E-state index is 12.9. The van der Waals surface area contributed by atoms with Gasteiger partial charge in [-0.15, -0.1) is 0 Å². The van der Waals surface area contributed by atoms with Crippen molar-refractivity contribution in [1.82, 2.24) is 0 Å². The van der Waals surface area contributed by atoms with Crippen LogP contribution in [-0.2, 0) is 4.74 Å². The van der Waals surface area contributed by atoms with E-state index in [4.69, 9.17) is 9.47 Å². The van der Waals surface area contributed by atoms with Crippen molar-refractivity contribution in [1.29, 1.82) is 0 Å². The van der Waals surface area contributed by atoms with Crippen molar-refractivity contribution < 1.29 is 41.4 Å². The first-order valence-electron chi connectivity index (χ1n) is 13.2. The first kappa shape index (κ1) is 31.2. The van der Waals surface area contributed by atoms with Crippen LogP contribution in [0.25, 0.3) is 0 Å². The summed E-state index contributed by atoms with van der Waals surface area (Å²) in [6.45, 7) is 1.13. The van der Waals surface area contributed by atoms with Gasteiger partial charge in [0.25, 0.3) is 0 Å². The third kappa shape index (κ3) is 10.3. The molecule has 0 radical (unpaired) electrons. The average Bonchev–Trinajstić information content (AvgIpc) is 2.98. The van der Waals surface area contributed by atoms with Gasteiger partial charge in [0.15, 0.2) is 6.61 Å². The highest BCUT2D eigenvalue weighted by Gasteiger charge is 2.42. The molecule has 0 bridgehead atoms.